The zero-order valence-corrected chi connectivity index (χ0v) is 19.8. The van der Waals surface area contributed by atoms with Gasteiger partial charge in [0, 0.05) is 31.1 Å². The average molecular weight is 531 g/mol. The number of nitrogens with zero attached hydrogens (tertiary/aromatic N) is 3. The number of carbonyl (C=O) groups is 2. The monoisotopic (exact) mass is 531 g/mol. The predicted molar refractivity (Wildman–Crippen MR) is 131 cm³/mol. The summed E-state index contributed by atoms with van der Waals surface area (Å²) >= 11 is 0. The molecule has 0 unspecified atom stereocenters. The largest absolute Gasteiger partial charge is 0.419 e. The number of nitrogens with one attached hydrogen (secondary N) is 3. The molecule has 0 bridgehead atoms. The van der Waals surface area contributed by atoms with Crippen molar-refractivity contribution in [1.29, 1.82) is 0 Å². The molecule has 0 fully saturated rings. The fraction of sp³-hybridized carbons (Fsp3) is 0.167. The molecule has 0 spiro atoms. The molecule has 198 valence electrons. The van der Waals surface area contributed by atoms with Gasteiger partial charge in [0.1, 0.15) is 11.8 Å². The van der Waals surface area contributed by atoms with Crippen LogP contribution in [0.25, 0.3) is 16.6 Å². The van der Waals surface area contributed by atoms with Crippen LogP contribution in [0, 0.1) is 5.82 Å². The van der Waals surface area contributed by atoms with Gasteiger partial charge in [0.05, 0.1) is 23.4 Å². The molecule has 0 aliphatic rings. The van der Waals surface area contributed by atoms with E-state index in [0.29, 0.717) is 29.3 Å². The number of nitrogen functional groups attached to an aromatic ring is 1. The van der Waals surface area contributed by atoms with Gasteiger partial charge in [-0.1, -0.05) is 18.2 Å². The second-order valence-electron chi connectivity index (χ2n) is 7.93. The molecule has 2 aromatic heterocycles. The number of amides is 3. The van der Waals surface area contributed by atoms with E-state index < -0.39 is 35.2 Å². The van der Waals surface area contributed by atoms with Crippen LogP contribution in [0.2, 0.25) is 0 Å². The maximum Gasteiger partial charge on any atom is 0.419 e. The summed E-state index contributed by atoms with van der Waals surface area (Å²) in [5, 5.41) is 11.3. The number of hydrogen-bond acceptors (Lipinski definition) is 6. The van der Waals surface area contributed by atoms with E-state index in [1.54, 1.807) is 12.1 Å². The van der Waals surface area contributed by atoms with Crippen LogP contribution in [0.15, 0.2) is 55.0 Å². The molecular weight excluding hydrogens is 510 g/mol. The highest BCUT2D eigenvalue weighted by Crippen LogP contribution is 2.35. The fourth-order valence-corrected chi connectivity index (χ4v) is 3.71. The third kappa shape index (κ3) is 5.49. The van der Waals surface area contributed by atoms with Crippen molar-refractivity contribution < 1.29 is 31.9 Å². The van der Waals surface area contributed by atoms with Crippen LogP contribution in [-0.2, 0) is 10.9 Å². The third-order valence-electron chi connectivity index (χ3n) is 5.42. The summed E-state index contributed by atoms with van der Waals surface area (Å²) in [6.45, 7) is 0.579. The van der Waals surface area contributed by atoms with Gasteiger partial charge in [-0.15, -0.1) is 0 Å². The molecule has 3 amide bonds. The third-order valence-corrected chi connectivity index (χ3v) is 5.42. The topological polar surface area (TPSA) is 136 Å². The summed E-state index contributed by atoms with van der Waals surface area (Å²) in [5.74, 6) is -1.86. The van der Waals surface area contributed by atoms with E-state index >= 15 is 0 Å². The Bertz CT molecular complexity index is 1490. The SMILES string of the molecule is COCCNC(=O)c1cn2ncnc(N)c2c1-c1ccc(NC(=O)Nc2cccc(C(F)(F)F)c2F)cc1. The van der Waals surface area contributed by atoms with E-state index in [1.165, 1.54) is 36.3 Å². The van der Waals surface area contributed by atoms with E-state index in [2.05, 4.69) is 26.0 Å². The lowest BCUT2D eigenvalue weighted by molar-refractivity contribution is -0.139. The Morgan fingerprint density at radius 3 is 2.53 bits per heavy atom. The highest BCUT2D eigenvalue weighted by Gasteiger charge is 2.35. The number of rotatable bonds is 7. The van der Waals surface area contributed by atoms with Gasteiger partial charge in [-0.2, -0.15) is 18.3 Å². The number of alkyl halides is 3. The Labute approximate surface area is 212 Å². The van der Waals surface area contributed by atoms with Crippen molar-refractivity contribution in [3.05, 3.63) is 71.9 Å². The van der Waals surface area contributed by atoms with E-state index in [-0.39, 0.29) is 23.6 Å². The van der Waals surface area contributed by atoms with Gasteiger partial charge in [-0.25, -0.2) is 18.7 Å². The van der Waals surface area contributed by atoms with Gasteiger partial charge < -0.3 is 26.4 Å². The van der Waals surface area contributed by atoms with Crippen LogP contribution in [-0.4, -0.2) is 46.8 Å². The minimum atomic E-state index is -4.91. The van der Waals surface area contributed by atoms with E-state index in [0.717, 1.165) is 12.1 Å². The van der Waals surface area contributed by atoms with Crippen LogP contribution >= 0.6 is 0 Å². The van der Waals surface area contributed by atoms with Crippen molar-refractivity contribution in [2.45, 2.75) is 6.18 Å². The Morgan fingerprint density at radius 1 is 1.11 bits per heavy atom. The Hall–Kier alpha value is -4.72. The van der Waals surface area contributed by atoms with Crippen molar-refractivity contribution >= 4 is 34.6 Å². The minimum Gasteiger partial charge on any atom is -0.383 e. The first-order valence-electron chi connectivity index (χ1n) is 11.0. The smallest absolute Gasteiger partial charge is 0.383 e. The number of methoxy groups -OCH3 is 1. The van der Waals surface area contributed by atoms with Gasteiger partial charge in [0.2, 0.25) is 0 Å². The van der Waals surface area contributed by atoms with Crippen LogP contribution in [0.1, 0.15) is 15.9 Å². The van der Waals surface area contributed by atoms with Crippen molar-refractivity contribution in [2.24, 2.45) is 0 Å². The summed E-state index contributed by atoms with van der Waals surface area (Å²) in [6.07, 6.45) is -2.16. The lowest BCUT2D eigenvalue weighted by Gasteiger charge is -2.13. The highest BCUT2D eigenvalue weighted by atomic mass is 19.4. The van der Waals surface area contributed by atoms with Crippen molar-refractivity contribution in [3.63, 3.8) is 0 Å². The molecule has 10 nitrogen and oxygen atoms in total. The Balaban J connectivity index is 1.58. The first-order chi connectivity index (χ1) is 18.1. The summed E-state index contributed by atoms with van der Waals surface area (Å²) in [7, 11) is 1.51. The molecule has 4 rings (SSSR count). The van der Waals surface area contributed by atoms with Crippen molar-refractivity contribution in [3.8, 4) is 11.1 Å². The number of aromatic nitrogens is 3. The number of anilines is 3. The molecule has 0 atom stereocenters. The predicted octanol–water partition coefficient (Wildman–Crippen LogP) is 4.16. The van der Waals surface area contributed by atoms with Crippen molar-refractivity contribution in [1.82, 2.24) is 19.9 Å². The summed E-state index contributed by atoms with van der Waals surface area (Å²) in [4.78, 5) is 29.2. The molecule has 0 saturated heterocycles. The second kappa shape index (κ2) is 10.7. The lowest BCUT2D eigenvalue weighted by atomic mass is 10.0. The summed E-state index contributed by atoms with van der Waals surface area (Å²) < 4.78 is 59.4. The normalized spacial score (nSPS) is 11.4. The van der Waals surface area contributed by atoms with Crippen LogP contribution in [0.5, 0.6) is 0 Å². The molecule has 14 heteroatoms. The Kier molecular flexibility index (Phi) is 7.43. The summed E-state index contributed by atoms with van der Waals surface area (Å²) in [5.41, 5.74) is 5.83. The van der Waals surface area contributed by atoms with Gasteiger partial charge in [0.25, 0.3) is 5.91 Å². The standard InChI is InChI=1S/C24H21F4N7O3/c1-38-10-9-30-22(36)15-11-35-20(21(29)31-12-32-35)18(15)13-5-7-14(8-6-13)33-23(37)34-17-4-2-3-16(19(17)25)24(26,27)28/h2-8,11-12H,9-10H2,1H3,(H,30,36)(H2,29,31,32)(H2,33,34,37). The number of fused-ring (bicyclic) bond motifs is 1. The second-order valence-corrected chi connectivity index (χ2v) is 7.93. The van der Waals surface area contributed by atoms with Crippen LogP contribution in [0.4, 0.5) is 39.5 Å². The molecule has 38 heavy (non-hydrogen) atoms. The first kappa shape index (κ1) is 26.3. The number of urea groups is 1. The average Bonchev–Trinajstić information content (AvgIpc) is 3.26. The minimum absolute atomic E-state index is 0.135. The number of carbonyl (C=O) groups excluding carboxylic acids is 2. The quantitative estimate of drug-likeness (QED) is 0.209. The molecule has 0 saturated carbocycles. The lowest BCUT2D eigenvalue weighted by Crippen LogP contribution is -2.27. The number of benzene rings is 2. The fourth-order valence-electron chi connectivity index (χ4n) is 3.71. The molecule has 4 aromatic rings. The molecule has 0 radical (unpaired) electrons. The molecule has 0 aliphatic heterocycles. The molecule has 0 aliphatic carbocycles. The van der Waals surface area contributed by atoms with Gasteiger partial charge in [-0.05, 0) is 29.8 Å². The maximum absolute atomic E-state index is 14.2. The molecular formula is C24H21F4N7O3. The number of ether oxygens (including phenoxy) is 1. The zero-order chi connectivity index (χ0) is 27.4. The van der Waals surface area contributed by atoms with Gasteiger partial charge >= 0.3 is 12.2 Å². The molecule has 5 N–H and O–H groups in total. The van der Waals surface area contributed by atoms with Crippen molar-refractivity contribution in [2.75, 3.05) is 36.6 Å². The van der Waals surface area contributed by atoms with Gasteiger partial charge in [0.15, 0.2) is 11.6 Å². The first-order valence-corrected chi connectivity index (χ1v) is 11.0. The molecule has 2 heterocycles. The van der Waals surface area contributed by atoms with Crippen LogP contribution in [0.3, 0.4) is 0 Å². The van der Waals surface area contributed by atoms with Gasteiger partial charge in [-0.3, -0.25) is 4.79 Å². The maximum atomic E-state index is 14.2. The van der Waals surface area contributed by atoms with E-state index in [9.17, 15) is 27.2 Å². The number of halogens is 4. The number of nitrogens with two attached hydrogens (primary N) is 1. The number of hydrogen-bond donors (Lipinski definition) is 4. The summed E-state index contributed by atoms with van der Waals surface area (Å²) in [6, 6.07) is 7.78. The van der Waals surface area contributed by atoms with E-state index in [4.69, 9.17) is 10.5 Å². The molecule has 2 aromatic carbocycles. The zero-order valence-electron chi connectivity index (χ0n) is 19.8. The Morgan fingerprint density at radius 2 is 1.84 bits per heavy atom. The highest BCUT2D eigenvalue weighted by molar-refractivity contribution is 6.07. The van der Waals surface area contributed by atoms with E-state index in [1.807, 2.05) is 0 Å². The van der Waals surface area contributed by atoms with Crippen LogP contribution < -0.4 is 21.7 Å².